The predicted molar refractivity (Wildman–Crippen MR) is 80.3 cm³/mol. The first-order valence-corrected chi connectivity index (χ1v) is 6.61. The standard InChI is InChI=1S/C17H11N3O/c21-20-17-14-5-2-1-4-13(14)16-12(6-3-7-15(16)17)11-8-18-10-19-9-11/h1-10,21H/b20-17+. The zero-order valence-electron chi connectivity index (χ0n) is 11.1. The zero-order valence-corrected chi connectivity index (χ0v) is 11.1. The minimum Gasteiger partial charge on any atom is -0.410 e. The third-order valence-corrected chi connectivity index (χ3v) is 3.74. The van der Waals surface area contributed by atoms with Gasteiger partial charge in [-0.2, -0.15) is 0 Å². The molecule has 0 unspecified atom stereocenters. The second-order valence-electron chi connectivity index (χ2n) is 4.85. The molecule has 3 aromatic rings. The van der Waals surface area contributed by atoms with Gasteiger partial charge in [0.2, 0.25) is 0 Å². The molecule has 4 nitrogen and oxygen atoms in total. The lowest BCUT2D eigenvalue weighted by atomic mass is 9.96. The van der Waals surface area contributed by atoms with Crippen LogP contribution in [0.25, 0.3) is 22.3 Å². The molecule has 0 fully saturated rings. The van der Waals surface area contributed by atoms with Gasteiger partial charge in [0.1, 0.15) is 12.0 Å². The summed E-state index contributed by atoms with van der Waals surface area (Å²) < 4.78 is 0. The molecule has 1 aliphatic carbocycles. The Morgan fingerprint density at radius 3 is 2.19 bits per heavy atom. The van der Waals surface area contributed by atoms with E-state index in [0.29, 0.717) is 5.71 Å². The van der Waals surface area contributed by atoms with E-state index in [2.05, 4.69) is 15.1 Å². The van der Waals surface area contributed by atoms with Crippen molar-refractivity contribution >= 4 is 5.71 Å². The van der Waals surface area contributed by atoms with E-state index in [0.717, 1.165) is 33.4 Å². The number of hydrogen-bond acceptors (Lipinski definition) is 4. The smallest absolute Gasteiger partial charge is 0.118 e. The summed E-state index contributed by atoms with van der Waals surface area (Å²) in [6, 6.07) is 13.9. The molecule has 0 saturated carbocycles. The monoisotopic (exact) mass is 273 g/mol. The molecule has 0 spiro atoms. The average Bonchev–Trinajstić information content (AvgIpc) is 2.89. The molecule has 0 saturated heterocycles. The van der Waals surface area contributed by atoms with Crippen LogP contribution in [0.1, 0.15) is 11.1 Å². The summed E-state index contributed by atoms with van der Waals surface area (Å²) in [6.45, 7) is 0. The van der Waals surface area contributed by atoms with E-state index >= 15 is 0 Å². The van der Waals surface area contributed by atoms with Crippen molar-refractivity contribution in [3.63, 3.8) is 0 Å². The van der Waals surface area contributed by atoms with E-state index in [9.17, 15) is 5.21 Å². The number of oxime groups is 1. The molecule has 0 amide bonds. The van der Waals surface area contributed by atoms with Crippen molar-refractivity contribution in [2.45, 2.75) is 0 Å². The third kappa shape index (κ3) is 1.66. The van der Waals surface area contributed by atoms with Gasteiger partial charge >= 0.3 is 0 Å². The summed E-state index contributed by atoms with van der Waals surface area (Å²) >= 11 is 0. The maximum Gasteiger partial charge on any atom is 0.118 e. The van der Waals surface area contributed by atoms with Gasteiger partial charge in [-0.1, -0.05) is 47.6 Å². The van der Waals surface area contributed by atoms with Crippen LogP contribution < -0.4 is 0 Å². The quantitative estimate of drug-likeness (QED) is 0.427. The van der Waals surface area contributed by atoms with Gasteiger partial charge in [0.15, 0.2) is 0 Å². The molecular formula is C17H11N3O. The van der Waals surface area contributed by atoms with Crippen LogP contribution in [0.2, 0.25) is 0 Å². The summed E-state index contributed by atoms with van der Waals surface area (Å²) in [7, 11) is 0. The summed E-state index contributed by atoms with van der Waals surface area (Å²) in [5, 5.41) is 12.9. The molecule has 1 aromatic heterocycles. The van der Waals surface area contributed by atoms with Gasteiger partial charge in [-0.25, -0.2) is 9.97 Å². The van der Waals surface area contributed by atoms with Crippen LogP contribution in [0, 0.1) is 0 Å². The maximum absolute atomic E-state index is 9.38. The first-order valence-electron chi connectivity index (χ1n) is 6.61. The predicted octanol–water partition coefficient (Wildman–Crippen LogP) is 3.35. The van der Waals surface area contributed by atoms with Gasteiger partial charge in [-0.3, -0.25) is 0 Å². The number of hydrogen-bond donors (Lipinski definition) is 1. The normalized spacial score (nSPS) is 14.0. The Balaban J connectivity index is 2.08. The first-order chi connectivity index (χ1) is 10.4. The Kier molecular flexibility index (Phi) is 2.54. The second-order valence-corrected chi connectivity index (χ2v) is 4.85. The van der Waals surface area contributed by atoms with E-state index < -0.39 is 0 Å². The highest BCUT2D eigenvalue weighted by atomic mass is 16.4. The third-order valence-electron chi connectivity index (χ3n) is 3.74. The SMILES string of the molecule is O/N=C1\c2ccccc2-c2c1cccc2-c1cncnc1. The number of rotatable bonds is 1. The summed E-state index contributed by atoms with van der Waals surface area (Å²) in [5.41, 5.74) is 6.61. The Bertz CT molecular complexity index is 857. The van der Waals surface area contributed by atoms with E-state index in [1.165, 1.54) is 6.33 Å². The highest BCUT2D eigenvalue weighted by Gasteiger charge is 2.27. The van der Waals surface area contributed by atoms with E-state index in [-0.39, 0.29) is 0 Å². The molecule has 21 heavy (non-hydrogen) atoms. The second kappa shape index (κ2) is 4.52. The van der Waals surface area contributed by atoms with Crippen molar-refractivity contribution in [2.75, 3.05) is 0 Å². The van der Waals surface area contributed by atoms with Gasteiger partial charge in [0.25, 0.3) is 0 Å². The Morgan fingerprint density at radius 1 is 0.762 bits per heavy atom. The largest absolute Gasteiger partial charge is 0.410 e. The Labute approximate surface area is 121 Å². The van der Waals surface area contributed by atoms with Gasteiger partial charge in [0.05, 0.1) is 0 Å². The highest BCUT2D eigenvalue weighted by molar-refractivity contribution is 6.26. The topological polar surface area (TPSA) is 58.4 Å². The number of fused-ring (bicyclic) bond motifs is 3. The number of aromatic nitrogens is 2. The van der Waals surface area contributed by atoms with Gasteiger partial charge in [-0.05, 0) is 16.7 Å². The maximum atomic E-state index is 9.38. The highest BCUT2D eigenvalue weighted by Crippen LogP contribution is 2.42. The molecular weight excluding hydrogens is 262 g/mol. The Morgan fingerprint density at radius 2 is 1.43 bits per heavy atom. The number of nitrogens with zero attached hydrogens (tertiary/aromatic N) is 3. The molecule has 2 aromatic carbocycles. The minimum absolute atomic E-state index is 0.610. The minimum atomic E-state index is 0.610. The van der Waals surface area contributed by atoms with Crippen molar-refractivity contribution in [1.29, 1.82) is 0 Å². The van der Waals surface area contributed by atoms with Crippen LogP contribution in [-0.4, -0.2) is 20.9 Å². The molecule has 0 bridgehead atoms. The molecule has 4 rings (SSSR count). The van der Waals surface area contributed by atoms with Gasteiger partial charge in [-0.15, -0.1) is 0 Å². The van der Waals surface area contributed by atoms with Gasteiger partial charge < -0.3 is 5.21 Å². The molecule has 0 atom stereocenters. The summed E-state index contributed by atoms with van der Waals surface area (Å²) in [5.74, 6) is 0. The fourth-order valence-corrected chi connectivity index (χ4v) is 2.88. The van der Waals surface area contributed by atoms with Crippen molar-refractivity contribution in [2.24, 2.45) is 5.16 Å². The molecule has 1 aliphatic rings. The Hall–Kier alpha value is -3.01. The molecule has 1 heterocycles. The summed E-state index contributed by atoms with van der Waals surface area (Å²) in [6.07, 6.45) is 5.10. The van der Waals surface area contributed by atoms with Gasteiger partial charge in [0, 0.05) is 29.1 Å². The van der Waals surface area contributed by atoms with E-state index in [1.807, 2.05) is 42.5 Å². The van der Waals surface area contributed by atoms with Crippen LogP contribution in [0.3, 0.4) is 0 Å². The fourth-order valence-electron chi connectivity index (χ4n) is 2.88. The average molecular weight is 273 g/mol. The van der Waals surface area contributed by atoms with Crippen molar-refractivity contribution in [1.82, 2.24) is 9.97 Å². The van der Waals surface area contributed by atoms with Crippen LogP contribution >= 0.6 is 0 Å². The van der Waals surface area contributed by atoms with Crippen LogP contribution in [-0.2, 0) is 0 Å². The lowest BCUT2D eigenvalue weighted by Crippen LogP contribution is -1.97. The lowest BCUT2D eigenvalue weighted by molar-refractivity contribution is 0.320. The molecule has 0 aliphatic heterocycles. The van der Waals surface area contributed by atoms with Crippen molar-refractivity contribution in [3.05, 3.63) is 72.3 Å². The van der Waals surface area contributed by atoms with Crippen LogP contribution in [0.4, 0.5) is 0 Å². The number of benzene rings is 2. The lowest BCUT2D eigenvalue weighted by Gasteiger charge is -2.08. The molecule has 100 valence electrons. The van der Waals surface area contributed by atoms with E-state index in [4.69, 9.17) is 0 Å². The van der Waals surface area contributed by atoms with Crippen LogP contribution in [0.15, 0.2) is 66.3 Å². The fraction of sp³-hybridized carbons (Fsp3) is 0. The zero-order chi connectivity index (χ0) is 14.2. The van der Waals surface area contributed by atoms with Crippen molar-refractivity contribution < 1.29 is 5.21 Å². The van der Waals surface area contributed by atoms with Crippen molar-refractivity contribution in [3.8, 4) is 22.3 Å². The van der Waals surface area contributed by atoms with Crippen LogP contribution in [0.5, 0.6) is 0 Å². The van der Waals surface area contributed by atoms with E-state index in [1.54, 1.807) is 12.4 Å². The molecule has 4 heteroatoms. The summed E-state index contributed by atoms with van der Waals surface area (Å²) in [4.78, 5) is 8.18. The first kappa shape index (κ1) is 11.8. The molecule has 0 radical (unpaired) electrons. The molecule has 1 N–H and O–H groups in total.